The first kappa shape index (κ1) is 14.6. The molecule has 5 rings (SSSR count). The van der Waals surface area contributed by atoms with Crippen LogP contribution in [0.5, 0.6) is 0 Å². The van der Waals surface area contributed by atoms with Crippen LogP contribution >= 0.6 is 0 Å². The van der Waals surface area contributed by atoms with Gasteiger partial charge < -0.3 is 4.74 Å². The zero-order valence-electron chi connectivity index (χ0n) is 14.4. The van der Waals surface area contributed by atoms with Crippen LogP contribution in [0.15, 0.2) is 0 Å². The predicted octanol–water partition coefficient (Wildman–Crippen LogP) is 3.48. The number of likely N-dealkylation sites (tertiary alicyclic amines) is 1. The average Bonchev–Trinajstić information content (AvgIpc) is 2.60. The lowest BCUT2D eigenvalue weighted by atomic mass is 9.26. The first-order chi connectivity index (χ1) is 9.96. The summed E-state index contributed by atoms with van der Waals surface area (Å²) in [6, 6.07) is 1.52. The van der Waals surface area contributed by atoms with Crippen molar-refractivity contribution in [3.63, 3.8) is 0 Å². The van der Waals surface area contributed by atoms with Gasteiger partial charge in [-0.1, -0.05) is 44.2 Å². The number of hydrogen-bond donors (Lipinski definition) is 0. The van der Waals surface area contributed by atoms with Crippen molar-refractivity contribution in [2.75, 3.05) is 13.2 Å². The van der Waals surface area contributed by atoms with Crippen molar-refractivity contribution in [3.05, 3.63) is 0 Å². The number of fused-ring (bicyclic) bond motifs is 1. The van der Waals surface area contributed by atoms with Crippen LogP contribution in [0.25, 0.3) is 0 Å². The average molecular weight is 289 g/mol. The Hall–Kier alpha value is -0.0151. The summed E-state index contributed by atoms with van der Waals surface area (Å²) in [4.78, 5) is 2.89. The minimum atomic E-state index is 0.420. The topological polar surface area (TPSA) is 12.5 Å². The zero-order chi connectivity index (χ0) is 14.8. The van der Waals surface area contributed by atoms with E-state index in [1.54, 1.807) is 0 Å². The third-order valence-electron chi connectivity index (χ3n) is 7.58. The van der Waals surface area contributed by atoms with Crippen LogP contribution in [0.3, 0.4) is 0 Å². The largest absolute Gasteiger partial charge is 0.377 e. The molecule has 21 heavy (non-hydrogen) atoms. The monoisotopic (exact) mass is 289 g/mol. The molecule has 2 bridgehead atoms. The molecule has 5 fully saturated rings. The Balaban J connectivity index is 1.58. The molecule has 0 N–H and O–H groups in total. The Labute approximate surface area is 131 Å². The molecule has 1 aliphatic carbocycles. The second-order valence-corrected chi connectivity index (χ2v) is 9.32. The molecule has 0 aromatic rings. The fourth-order valence-electron chi connectivity index (χ4n) is 6.54. The van der Waals surface area contributed by atoms with Crippen molar-refractivity contribution in [3.8, 4) is 0 Å². The molecular formula is C18H32BNO. The first-order valence-corrected chi connectivity index (χ1v) is 9.32. The summed E-state index contributed by atoms with van der Waals surface area (Å²) >= 11 is 0. The maximum Gasteiger partial charge on any atom is 0.131 e. The van der Waals surface area contributed by atoms with Crippen molar-refractivity contribution >= 4 is 7.28 Å². The third kappa shape index (κ3) is 1.99. The highest BCUT2D eigenvalue weighted by molar-refractivity contribution is 6.46. The van der Waals surface area contributed by atoms with Crippen LogP contribution in [-0.4, -0.2) is 43.0 Å². The highest BCUT2D eigenvalue weighted by atomic mass is 16.5. The molecule has 1 spiro atoms. The van der Waals surface area contributed by atoms with Gasteiger partial charge in [-0.25, -0.2) is 0 Å². The van der Waals surface area contributed by atoms with Crippen LogP contribution in [0.1, 0.15) is 59.8 Å². The maximum absolute atomic E-state index is 5.66. The maximum atomic E-state index is 5.66. The van der Waals surface area contributed by atoms with Crippen LogP contribution in [0.2, 0.25) is 11.1 Å². The molecule has 4 saturated heterocycles. The molecule has 4 atom stereocenters. The van der Waals surface area contributed by atoms with Gasteiger partial charge in [-0.05, 0) is 38.5 Å². The van der Waals surface area contributed by atoms with Crippen LogP contribution in [-0.2, 0) is 4.74 Å². The first-order valence-electron chi connectivity index (χ1n) is 9.32. The molecule has 118 valence electrons. The summed E-state index contributed by atoms with van der Waals surface area (Å²) in [6.45, 7) is 11.7. The molecule has 0 aromatic carbocycles. The number of ether oxygens (including phenoxy) is 1. The summed E-state index contributed by atoms with van der Waals surface area (Å²) in [7, 11) is 1.53. The second-order valence-electron chi connectivity index (χ2n) is 9.32. The van der Waals surface area contributed by atoms with Crippen LogP contribution in [0, 0.1) is 11.8 Å². The SMILES string of the molecule is CC(C)N1C2CCC3(C(C)C)BC(CC2CC12COC2)C3. The van der Waals surface area contributed by atoms with Gasteiger partial charge in [-0.3, -0.25) is 4.90 Å². The molecule has 3 heteroatoms. The van der Waals surface area contributed by atoms with Gasteiger partial charge in [0.1, 0.15) is 7.28 Å². The lowest BCUT2D eigenvalue weighted by Gasteiger charge is -2.55. The van der Waals surface area contributed by atoms with E-state index in [-0.39, 0.29) is 0 Å². The molecule has 0 aromatic heterocycles. The van der Waals surface area contributed by atoms with Crippen molar-refractivity contribution in [1.82, 2.24) is 4.90 Å². The molecule has 0 amide bonds. The number of rotatable bonds is 2. The highest BCUT2D eigenvalue weighted by Crippen LogP contribution is 2.63. The van der Waals surface area contributed by atoms with Gasteiger partial charge in [0, 0.05) is 12.1 Å². The minimum absolute atomic E-state index is 0.420. The van der Waals surface area contributed by atoms with E-state index >= 15 is 0 Å². The molecule has 4 aliphatic heterocycles. The quantitative estimate of drug-likeness (QED) is 0.722. The van der Waals surface area contributed by atoms with Crippen molar-refractivity contribution in [2.45, 2.75) is 88.6 Å². The van der Waals surface area contributed by atoms with E-state index in [2.05, 4.69) is 32.6 Å². The Kier molecular flexibility index (Phi) is 3.29. The fraction of sp³-hybridized carbons (Fsp3) is 1.00. The van der Waals surface area contributed by atoms with Gasteiger partial charge in [-0.15, -0.1) is 0 Å². The zero-order valence-corrected chi connectivity index (χ0v) is 14.4. The number of hydrogen-bond acceptors (Lipinski definition) is 2. The molecule has 4 heterocycles. The van der Waals surface area contributed by atoms with Crippen LogP contribution in [0.4, 0.5) is 0 Å². The Morgan fingerprint density at radius 1 is 1.14 bits per heavy atom. The van der Waals surface area contributed by atoms with Gasteiger partial charge >= 0.3 is 0 Å². The summed E-state index contributed by atoms with van der Waals surface area (Å²) in [5.74, 6) is 2.86. The molecule has 4 unspecified atom stereocenters. The Bertz CT molecular complexity index is 411. The lowest BCUT2D eigenvalue weighted by Crippen LogP contribution is -2.62. The van der Waals surface area contributed by atoms with Gasteiger partial charge in [0.25, 0.3) is 0 Å². The summed E-state index contributed by atoms with van der Waals surface area (Å²) < 4.78 is 5.66. The highest BCUT2D eigenvalue weighted by Gasteiger charge is 2.59. The standard InChI is InChI=1S/C18H32BNO/c1-12(2)18-6-5-16-14(7-15(9-18)19-18)8-17(10-21-11-17)20(16)13(3)4/h12-16,19H,5-11H2,1-4H3. The molecule has 0 radical (unpaired) electrons. The third-order valence-corrected chi connectivity index (χ3v) is 7.58. The lowest BCUT2D eigenvalue weighted by molar-refractivity contribution is -0.141. The van der Waals surface area contributed by atoms with Crippen molar-refractivity contribution in [2.24, 2.45) is 11.8 Å². The summed E-state index contributed by atoms with van der Waals surface area (Å²) in [5, 5.41) is 0.699. The van der Waals surface area contributed by atoms with Crippen LogP contribution < -0.4 is 0 Å². The molecule has 5 aliphatic rings. The Morgan fingerprint density at radius 2 is 1.86 bits per heavy atom. The predicted molar refractivity (Wildman–Crippen MR) is 89.3 cm³/mol. The Morgan fingerprint density at radius 3 is 2.38 bits per heavy atom. The van der Waals surface area contributed by atoms with Gasteiger partial charge in [0.15, 0.2) is 0 Å². The minimum Gasteiger partial charge on any atom is -0.377 e. The van der Waals surface area contributed by atoms with E-state index in [0.717, 1.165) is 36.9 Å². The smallest absolute Gasteiger partial charge is 0.131 e. The van der Waals surface area contributed by atoms with E-state index in [9.17, 15) is 0 Å². The fourth-order valence-corrected chi connectivity index (χ4v) is 6.54. The summed E-state index contributed by atoms with van der Waals surface area (Å²) in [5.41, 5.74) is 0.420. The number of nitrogens with zero attached hydrogens (tertiary/aromatic N) is 1. The van der Waals surface area contributed by atoms with Crippen molar-refractivity contribution < 1.29 is 4.74 Å². The van der Waals surface area contributed by atoms with Gasteiger partial charge in [0.05, 0.1) is 18.8 Å². The summed E-state index contributed by atoms with van der Waals surface area (Å²) in [6.07, 6.45) is 7.36. The van der Waals surface area contributed by atoms with Gasteiger partial charge in [0.2, 0.25) is 0 Å². The van der Waals surface area contributed by atoms with E-state index in [0.29, 0.717) is 16.9 Å². The van der Waals surface area contributed by atoms with Crippen molar-refractivity contribution in [1.29, 1.82) is 0 Å². The normalized spacial score (nSPS) is 44.8. The molecular weight excluding hydrogens is 257 g/mol. The second kappa shape index (κ2) is 4.74. The molecule has 2 nitrogen and oxygen atoms in total. The molecule has 1 saturated carbocycles. The van der Waals surface area contributed by atoms with Gasteiger partial charge in [-0.2, -0.15) is 0 Å². The van der Waals surface area contributed by atoms with E-state index in [1.165, 1.54) is 39.4 Å². The van der Waals surface area contributed by atoms with E-state index in [1.807, 2.05) is 0 Å². The van der Waals surface area contributed by atoms with E-state index in [4.69, 9.17) is 4.74 Å². The van der Waals surface area contributed by atoms with E-state index < -0.39 is 0 Å².